The van der Waals surface area contributed by atoms with E-state index in [1.165, 1.54) is 20.3 Å². The third kappa shape index (κ3) is 3.44. The van der Waals surface area contributed by atoms with Gasteiger partial charge in [-0.2, -0.15) is 0 Å². The van der Waals surface area contributed by atoms with Crippen molar-refractivity contribution in [3.05, 3.63) is 65.7 Å². The van der Waals surface area contributed by atoms with Crippen LogP contribution in [-0.4, -0.2) is 29.7 Å². The fraction of sp³-hybridized carbons (Fsp3) is 0.111. The summed E-state index contributed by atoms with van der Waals surface area (Å²) in [5.74, 6) is 0.470. The highest BCUT2D eigenvalue weighted by Crippen LogP contribution is 2.36. The van der Waals surface area contributed by atoms with Gasteiger partial charge in [0.05, 0.1) is 36.9 Å². The summed E-state index contributed by atoms with van der Waals surface area (Å²) >= 11 is 6.18. The summed E-state index contributed by atoms with van der Waals surface area (Å²) in [5.41, 5.74) is 1.82. The summed E-state index contributed by atoms with van der Waals surface area (Å²) in [6.07, 6.45) is 5.14. The second-order valence-corrected chi connectivity index (χ2v) is 5.54. The van der Waals surface area contributed by atoms with Crippen molar-refractivity contribution in [1.82, 2.24) is 9.55 Å². The number of nitrogens with one attached hydrogen (secondary N) is 1. The molecular formula is C18H16ClN3O3. The summed E-state index contributed by atoms with van der Waals surface area (Å²) in [4.78, 5) is 16.7. The first kappa shape index (κ1) is 16.9. The molecule has 0 aliphatic rings. The molecule has 0 spiro atoms. The first-order valence-corrected chi connectivity index (χ1v) is 7.82. The van der Waals surface area contributed by atoms with E-state index in [1.54, 1.807) is 24.8 Å². The zero-order valence-corrected chi connectivity index (χ0v) is 14.4. The van der Waals surface area contributed by atoms with Crippen LogP contribution in [-0.2, 0) is 0 Å². The average molecular weight is 358 g/mol. The van der Waals surface area contributed by atoms with Crippen LogP contribution < -0.4 is 14.8 Å². The summed E-state index contributed by atoms with van der Waals surface area (Å²) in [6.45, 7) is 0. The van der Waals surface area contributed by atoms with Crippen molar-refractivity contribution in [3.8, 4) is 17.2 Å². The van der Waals surface area contributed by atoms with Gasteiger partial charge >= 0.3 is 0 Å². The van der Waals surface area contributed by atoms with Gasteiger partial charge in [0.1, 0.15) is 0 Å². The number of amides is 1. The minimum atomic E-state index is -0.310. The van der Waals surface area contributed by atoms with Crippen LogP contribution in [0.4, 0.5) is 5.69 Å². The Bertz CT molecular complexity index is 895. The summed E-state index contributed by atoms with van der Waals surface area (Å²) in [5, 5.41) is 3.19. The van der Waals surface area contributed by atoms with E-state index >= 15 is 0 Å². The van der Waals surface area contributed by atoms with Gasteiger partial charge < -0.3 is 19.4 Å². The molecule has 3 rings (SSSR count). The van der Waals surface area contributed by atoms with Crippen molar-refractivity contribution in [3.63, 3.8) is 0 Å². The maximum atomic E-state index is 12.7. The number of aromatic nitrogens is 2. The molecule has 0 atom stereocenters. The predicted molar refractivity (Wildman–Crippen MR) is 96.1 cm³/mol. The Balaban J connectivity index is 1.93. The Labute approximate surface area is 150 Å². The van der Waals surface area contributed by atoms with Crippen LogP contribution in [0.1, 0.15) is 10.4 Å². The Morgan fingerprint density at radius 2 is 2.00 bits per heavy atom. The SMILES string of the molecule is COc1cc(C(=O)Nc2ccccc2-n2ccnc2)cc(Cl)c1OC. The van der Waals surface area contributed by atoms with Crippen LogP contribution in [0, 0.1) is 0 Å². The lowest BCUT2D eigenvalue weighted by molar-refractivity contribution is 0.102. The second kappa shape index (κ2) is 7.27. The van der Waals surface area contributed by atoms with Crippen LogP contribution in [0.3, 0.4) is 0 Å². The van der Waals surface area contributed by atoms with E-state index in [-0.39, 0.29) is 5.91 Å². The molecule has 0 unspecified atom stereocenters. The smallest absolute Gasteiger partial charge is 0.255 e. The summed E-state index contributed by atoms with van der Waals surface area (Å²) < 4.78 is 12.2. The van der Waals surface area contributed by atoms with Gasteiger partial charge in [0, 0.05) is 18.0 Å². The molecule has 1 aromatic heterocycles. The molecule has 1 amide bonds. The number of methoxy groups -OCH3 is 2. The summed E-state index contributed by atoms with van der Waals surface area (Å²) in [7, 11) is 2.98. The molecule has 7 heteroatoms. The molecule has 0 aliphatic carbocycles. The Morgan fingerprint density at radius 1 is 1.20 bits per heavy atom. The van der Waals surface area contributed by atoms with Gasteiger partial charge in [-0.3, -0.25) is 4.79 Å². The zero-order chi connectivity index (χ0) is 17.8. The molecule has 0 bridgehead atoms. The van der Waals surface area contributed by atoms with Crippen molar-refractivity contribution in [2.75, 3.05) is 19.5 Å². The number of carbonyl (C=O) groups is 1. The molecular weight excluding hydrogens is 342 g/mol. The highest BCUT2D eigenvalue weighted by atomic mass is 35.5. The predicted octanol–water partition coefficient (Wildman–Crippen LogP) is 3.80. The van der Waals surface area contributed by atoms with Gasteiger partial charge in [-0.05, 0) is 24.3 Å². The van der Waals surface area contributed by atoms with Gasteiger partial charge in [0.15, 0.2) is 11.5 Å². The Kier molecular flexibility index (Phi) is 4.90. The minimum absolute atomic E-state index is 0.301. The number of nitrogens with zero attached hydrogens (tertiary/aromatic N) is 2. The van der Waals surface area contributed by atoms with E-state index in [2.05, 4.69) is 10.3 Å². The van der Waals surface area contributed by atoms with Crippen LogP contribution in [0.5, 0.6) is 11.5 Å². The first-order chi connectivity index (χ1) is 12.1. The second-order valence-electron chi connectivity index (χ2n) is 5.13. The summed E-state index contributed by atoms with van der Waals surface area (Å²) in [6, 6.07) is 10.6. The molecule has 1 N–H and O–H groups in total. The van der Waals surface area contributed by atoms with Gasteiger partial charge in [-0.25, -0.2) is 4.98 Å². The largest absolute Gasteiger partial charge is 0.493 e. The minimum Gasteiger partial charge on any atom is -0.493 e. The molecule has 0 radical (unpaired) electrons. The standard InChI is InChI=1S/C18H16ClN3O3/c1-24-16-10-12(9-13(19)17(16)25-2)18(23)21-14-5-3-4-6-15(14)22-8-7-20-11-22/h3-11H,1-2H3,(H,21,23). The fourth-order valence-corrected chi connectivity index (χ4v) is 2.74. The van der Waals surface area contributed by atoms with E-state index in [9.17, 15) is 4.79 Å². The topological polar surface area (TPSA) is 65.4 Å². The molecule has 0 saturated carbocycles. The van der Waals surface area contributed by atoms with E-state index in [4.69, 9.17) is 21.1 Å². The zero-order valence-electron chi connectivity index (χ0n) is 13.7. The number of imidazole rings is 1. The van der Waals surface area contributed by atoms with Crippen LogP contribution >= 0.6 is 11.6 Å². The van der Waals surface area contributed by atoms with Gasteiger partial charge in [0.25, 0.3) is 5.91 Å². The van der Waals surface area contributed by atoms with Crippen molar-refractivity contribution >= 4 is 23.2 Å². The van der Waals surface area contributed by atoms with E-state index in [0.717, 1.165) is 5.69 Å². The fourth-order valence-electron chi connectivity index (χ4n) is 2.45. The van der Waals surface area contributed by atoms with Crippen LogP contribution in [0.15, 0.2) is 55.1 Å². The van der Waals surface area contributed by atoms with Gasteiger partial charge in [-0.15, -0.1) is 0 Å². The van der Waals surface area contributed by atoms with Crippen LogP contribution in [0.25, 0.3) is 5.69 Å². The van der Waals surface area contributed by atoms with Crippen molar-refractivity contribution < 1.29 is 14.3 Å². The molecule has 6 nitrogen and oxygen atoms in total. The lowest BCUT2D eigenvalue weighted by atomic mass is 10.1. The molecule has 0 aliphatic heterocycles. The lowest BCUT2D eigenvalue weighted by Gasteiger charge is -2.14. The number of hydrogen-bond acceptors (Lipinski definition) is 4. The number of ether oxygens (including phenoxy) is 2. The highest BCUT2D eigenvalue weighted by Gasteiger charge is 2.16. The van der Waals surface area contributed by atoms with E-state index in [0.29, 0.717) is 27.8 Å². The number of anilines is 1. The van der Waals surface area contributed by atoms with Gasteiger partial charge in [-0.1, -0.05) is 23.7 Å². The van der Waals surface area contributed by atoms with Crippen molar-refractivity contribution in [2.45, 2.75) is 0 Å². The molecule has 128 valence electrons. The number of benzene rings is 2. The number of carbonyl (C=O) groups excluding carboxylic acids is 1. The Morgan fingerprint density at radius 3 is 2.68 bits per heavy atom. The average Bonchev–Trinajstić information content (AvgIpc) is 3.15. The van der Waals surface area contributed by atoms with Crippen molar-refractivity contribution in [2.24, 2.45) is 0 Å². The number of hydrogen-bond donors (Lipinski definition) is 1. The molecule has 25 heavy (non-hydrogen) atoms. The maximum Gasteiger partial charge on any atom is 0.255 e. The van der Waals surface area contributed by atoms with Crippen molar-refractivity contribution in [1.29, 1.82) is 0 Å². The highest BCUT2D eigenvalue weighted by molar-refractivity contribution is 6.32. The monoisotopic (exact) mass is 357 g/mol. The van der Waals surface area contributed by atoms with E-state index < -0.39 is 0 Å². The number of rotatable bonds is 5. The van der Waals surface area contributed by atoms with Crippen LogP contribution in [0.2, 0.25) is 5.02 Å². The molecule has 0 saturated heterocycles. The number of para-hydroxylation sites is 2. The Hall–Kier alpha value is -2.99. The molecule has 0 fully saturated rings. The molecule has 1 heterocycles. The maximum absolute atomic E-state index is 12.7. The molecule has 2 aromatic carbocycles. The first-order valence-electron chi connectivity index (χ1n) is 7.44. The number of halogens is 1. The quantitative estimate of drug-likeness (QED) is 0.754. The third-order valence-electron chi connectivity index (χ3n) is 3.63. The third-order valence-corrected chi connectivity index (χ3v) is 3.91. The molecule has 3 aromatic rings. The van der Waals surface area contributed by atoms with Gasteiger partial charge in [0.2, 0.25) is 0 Å². The van der Waals surface area contributed by atoms with E-state index in [1.807, 2.05) is 28.8 Å². The normalized spacial score (nSPS) is 10.4. The lowest BCUT2D eigenvalue weighted by Crippen LogP contribution is -2.14.